The summed E-state index contributed by atoms with van der Waals surface area (Å²) in [5.41, 5.74) is 24.8. The van der Waals surface area contributed by atoms with Crippen LogP contribution in [-0.4, -0.2) is 314 Å². The number of benzene rings is 5. The maximum absolute atomic E-state index is 14.0. The molecule has 5 aromatic carbocycles. The van der Waals surface area contributed by atoms with Gasteiger partial charge in [-0.25, -0.2) is 24.9 Å². The molecule has 0 unspecified atom stereocenters. The van der Waals surface area contributed by atoms with Crippen molar-refractivity contribution in [1.82, 2.24) is 122 Å². The van der Waals surface area contributed by atoms with Crippen LogP contribution in [0, 0.1) is 0 Å². The number of nitrogens with one attached hydrogen (secondary N) is 8. The van der Waals surface area contributed by atoms with Crippen molar-refractivity contribution >= 4 is 196 Å². The Labute approximate surface area is 835 Å². The number of hydrogen-bond donors (Lipinski definition) is 8. The molecule has 2 saturated carbocycles. The molecule has 26 rings (SSSR count). The average molecular weight is 1940 g/mol. The van der Waals surface area contributed by atoms with Crippen LogP contribution in [0.3, 0.4) is 0 Å². The number of hydrogen-bond acceptors (Lipinski definition) is 25. The molecule has 5 amide bonds. The zero-order valence-electron chi connectivity index (χ0n) is 83.1. The maximum Gasteiger partial charge on any atom is 0.259 e. The number of piperazine rings is 1. The number of amides is 5. The van der Waals surface area contributed by atoms with Crippen molar-refractivity contribution in [3.05, 3.63) is 241 Å². The fraction of sp³-hybridized carbons (Fsp3) is 0.318. The Morgan fingerprint density at radius 1 is 0.338 bits per heavy atom. The number of aromatic nitrogens is 15. The normalized spacial score (nSPS) is 16.7. The third-order valence-electron chi connectivity index (χ3n) is 28.5. The minimum atomic E-state index is -0.110. The predicted octanol–water partition coefficient (Wildman–Crippen LogP) is 14.2. The Hall–Kier alpha value is -16.0. The monoisotopic (exact) mass is 1940 g/mol. The maximum atomic E-state index is 14.0. The van der Waals surface area contributed by atoms with Crippen molar-refractivity contribution in [3.63, 3.8) is 0 Å². The molecule has 19 heterocycles. The van der Waals surface area contributed by atoms with Crippen molar-refractivity contribution in [2.45, 2.75) is 82.6 Å². The highest BCUT2D eigenvalue weighted by atomic mass is 16.2. The van der Waals surface area contributed by atoms with Gasteiger partial charge in [0.1, 0.15) is 27.8 Å². The fourth-order valence-corrected chi connectivity index (χ4v) is 21.3. The third-order valence-corrected chi connectivity index (χ3v) is 28.5. The van der Waals surface area contributed by atoms with E-state index in [1.165, 1.54) is 0 Å². The lowest BCUT2D eigenvalue weighted by Gasteiger charge is -2.36. The van der Waals surface area contributed by atoms with Crippen molar-refractivity contribution in [3.8, 4) is 0 Å². The number of imidazole rings is 5. The van der Waals surface area contributed by atoms with E-state index in [0.29, 0.717) is 82.1 Å². The predicted molar refractivity (Wildman–Crippen MR) is 576 cm³/mol. The number of fused-ring (bicyclic) bond motifs is 25. The Morgan fingerprint density at radius 3 is 0.972 bits per heavy atom. The number of carbonyl (C=O) groups excluding carboxylic acids is 5. The largest absolute Gasteiger partial charge is 0.387 e. The SMILES string of the molecule is CN(C)CCNC(=O)c1c(NC2CC2)c2cnccc2n2c1nc1ccccc12.CN1CCCN(C(=O)c2c(NC3CC3)c3cnccc3n3c2nc2ccccc23)CC1.CNc1c(C(=O)N2CCCN(C)CC2)c2nc3ccccc3n2c2ccncc12.CNc1c(C(=O)N2C[C@@H](C)N[C@@H](C)C2)c2nc3ccccc3n2c2ccncc12.CNc1c(C(=O)NC2CN(C)C2)c2nc3ccccc3n2c2ccncc12. The van der Waals surface area contributed by atoms with Gasteiger partial charge in [-0.05, 0) is 192 Å². The van der Waals surface area contributed by atoms with Crippen molar-refractivity contribution < 1.29 is 24.0 Å². The van der Waals surface area contributed by atoms with Crippen LogP contribution in [-0.2, 0) is 0 Å². The molecule has 145 heavy (non-hydrogen) atoms. The van der Waals surface area contributed by atoms with Crippen LogP contribution < -0.4 is 42.5 Å². The molecule has 35 nitrogen and oxygen atoms in total. The van der Waals surface area contributed by atoms with Gasteiger partial charge in [0, 0.05) is 213 Å². The first-order valence-electron chi connectivity index (χ1n) is 50.1. The molecule has 0 bridgehead atoms. The van der Waals surface area contributed by atoms with Crippen molar-refractivity contribution in [1.29, 1.82) is 0 Å². The molecule has 15 aromatic heterocycles. The lowest BCUT2D eigenvalue weighted by molar-refractivity contribution is 0.0675. The molecule has 738 valence electrons. The van der Waals surface area contributed by atoms with Gasteiger partial charge in [-0.1, -0.05) is 60.7 Å². The first-order valence-corrected chi connectivity index (χ1v) is 50.1. The topological polar surface area (TPSA) is 355 Å². The second-order valence-electron chi connectivity index (χ2n) is 39.1. The molecule has 2 atom stereocenters. The first-order chi connectivity index (χ1) is 70.8. The molecule has 6 aliphatic rings. The van der Waals surface area contributed by atoms with Crippen LogP contribution in [0.5, 0.6) is 0 Å². The van der Waals surface area contributed by atoms with E-state index in [1.54, 1.807) is 31.0 Å². The molecule has 8 N–H and O–H groups in total. The molecule has 35 heteroatoms. The highest BCUT2D eigenvalue weighted by Crippen LogP contribution is 2.43. The van der Waals surface area contributed by atoms with E-state index in [9.17, 15) is 24.0 Å². The number of anilines is 5. The molecular weight excluding hydrogens is 1820 g/mol. The van der Waals surface area contributed by atoms with Gasteiger partial charge in [0.25, 0.3) is 29.5 Å². The summed E-state index contributed by atoms with van der Waals surface area (Å²) in [6, 6.07) is 51.4. The van der Waals surface area contributed by atoms with Gasteiger partial charge in [-0.15, -0.1) is 0 Å². The van der Waals surface area contributed by atoms with Crippen LogP contribution in [0.25, 0.3) is 138 Å². The molecular formula is C110H118N30O5. The number of nitrogens with zero attached hydrogens (tertiary/aromatic N) is 22. The van der Waals surface area contributed by atoms with Gasteiger partial charge in [-0.3, -0.25) is 70.9 Å². The quantitative estimate of drug-likeness (QED) is 0.0445. The van der Waals surface area contributed by atoms with Crippen LogP contribution >= 0.6 is 0 Å². The van der Waals surface area contributed by atoms with E-state index < -0.39 is 0 Å². The number of carbonyl (C=O) groups is 5. The third kappa shape index (κ3) is 17.8. The van der Waals surface area contributed by atoms with Crippen LogP contribution in [0.4, 0.5) is 28.4 Å². The van der Waals surface area contributed by atoms with Gasteiger partial charge in [-0.2, -0.15) is 0 Å². The molecule has 2 aliphatic carbocycles. The lowest BCUT2D eigenvalue weighted by atomic mass is 10.1. The molecule has 20 aromatic rings. The molecule has 4 saturated heterocycles. The summed E-state index contributed by atoms with van der Waals surface area (Å²) in [5, 5.41) is 31.3. The number of likely N-dealkylation sites (N-methyl/N-ethyl adjacent to an activating group) is 4. The number of pyridine rings is 10. The Balaban J connectivity index is 0.000000103. The summed E-state index contributed by atoms with van der Waals surface area (Å²) in [6.07, 6.45) is 24.5. The summed E-state index contributed by atoms with van der Waals surface area (Å²) in [6.45, 7) is 15.4. The number of rotatable bonds is 16. The first kappa shape index (κ1) is 94.0. The Bertz CT molecular complexity index is 8460. The smallest absolute Gasteiger partial charge is 0.259 e. The van der Waals surface area contributed by atoms with E-state index in [1.807, 2.05) is 238 Å². The highest BCUT2D eigenvalue weighted by Gasteiger charge is 2.38. The number of para-hydroxylation sites is 10. The van der Waals surface area contributed by atoms with E-state index in [-0.39, 0.29) is 47.7 Å². The Morgan fingerprint density at radius 2 is 0.641 bits per heavy atom. The van der Waals surface area contributed by atoms with Gasteiger partial charge in [0.15, 0.2) is 28.2 Å². The summed E-state index contributed by atoms with van der Waals surface area (Å²) in [5.74, 6) is -0.134. The molecule has 4 aliphatic heterocycles. The van der Waals surface area contributed by atoms with Crippen LogP contribution in [0.2, 0.25) is 0 Å². The van der Waals surface area contributed by atoms with E-state index in [4.69, 9.17) is 24.9 Å². The van der Waals surface area contributed by atoms with Crippen molar-refractivity contribution in [2.24, 2.45) is 0 Å². The van der Waals surface area contributed by atoms with E-state index >= 15 is 0 Å². The van der Waals surface area contributed by atoms with E-state index in [2.05, 4.69) is 138 Å². The highest BCUT2D eigenvalue weighted by molar-refractivity contribution is 6.19. The lowest BCUT2D eigenvalue weighted by Crippen LogP contribution is -2.57. The van der Waals surface area contributed by atoms with Gasteiger partial charge in [0.2, 0.25) is 0 Å². The van der Waals surface area contributed by atoms with Crippen LogP contribution in [0.15, 0.2) is 214 Å². The van der Waals surface area contributed by atoms with Gasteiger partial charge in [0.05, 0.1) is 117 Å². The summed E-state index contributed by atoms with van der Waals surface area (Å²) in [7, 11) is 15.8. The summed E-state index contributed by atoms with van der Waals surface area (Å²) < 4.78 is 10.4. The standard InChI is InChI=1S/C24H26N6O.3C22H24N6O.C20H20N6O/c1-28-11-4-12-29(14-13-28)24(31)21-22(26-16-7-8-16)17-15-25-10-9-19(17)30-20-6-3-2-5-18(20)27-23(21)30;1-13-11-27(12-14(2)25-13)22(29)19-20(23-3)15-10-24-9-8-17(15)28-18-7-5-4-6-16(18)26-21(19)28;1-23-20-15-14-24-9-8-17(15)28-18-7-4-3-6-16(18)25-21(28)19(20)22(29)27-11-5-10-26(2)12-13-27;1-27(2)12-11-24-22(29)19-20(25-14-7-8-14)15-13-23-10-9-17(15)28-18-6-4-3-5-16(18)26-21(19)28;1-21-18-13-9-22-8-7-15(13)26-16-6-4-3-5-14(16)24-19(26)17(18)20(27)23-12-10-25(2)11-12/h2-3,5-6,9-10,15-16,26H,4,7-8,11-14H2,1H3;4-10,13-14,23,25H,11-12H2,1-3H3;3-4,6-9,14,23H,5,10-13H2,1-2H3;3-6,9-10,13-14,25H,7-8,11-12H2,1-2H3,(H,24,29);3-9,12,21H,10-11H2,1-2H3,(H,23,27)/t;13-,14+;;;. The molecule has 0 radical (unpaired) electrons. The molecule has 6 fully saturated rings. The van der Waals surface area contributed by atoms with E-state index in [0.717, 1.165) is 254 Å². The second-order valence-corrected chi connectivity index (χ2v) is 39.1. The summed E-state index contributed by atoms with van der Waals surface area (Å²) in [4.78, 5) is 129. The minimum absolute atomic E-state index is 0.000564. The Kier molecular flexibility index (Phi) is 25.8. The zero-order valence-corrected chi connectivity index (χ0v) is 83.1. The van der Waals surface area contributed by atoms with Crippen molar-refractivity contribution in [2.75, 3.05) is 175 Å². The van der Waals surface area contributed by atoms with Crippen LogP contribution in [0.1, 0.15) is 104 Å². The van der Waals surface area contributed by atoms with Gasteiger partial charge < -0.3 is 76.8 Å². The number of likely N-dealkylation sites (tertiary alicyclic amines) is 1. The fourth-order valence-electron chi connectivity index (χ4n) is 21.3. The average Bonchev–Trinajstić information content (AvgIpc) is 1.60. The molecule has 0 spiro atoms. The zero-order chi connectivity index (χ0) is 99.5. The van der Waals surface area contributed by atoms with Gasteiger partial charge >= 0.3 is 0 Å². The second kappa shape index (κ2) is 39.7. The summed E-state index contributed by atoms with van der Waals surface area (Å²) >= 11 is 0. The minimum Gasteiger partial charge on any atom is -0.387 e.